The molecule has 0 unspecified atom stereocenters. The van der Waals surface area contributed by atoms with Gasteiger partial charge in [-0.3, -0.25) is 14.6 Å². The average Bonchev–Trinajstić information content (AvgIpc) is 3.21. The summed E-state index contributed by atoms with van der Waals surface area (Å²) in [5.41, 5.74) is 7.24. The van der Waals surface area contributed by atoms with Crippen LogP contribution in [-0.4, -0.2) is 53.4 Å². The van der Waals surface area contributed by atoms with Gasteiger partial charge in [-0.15, -0.1) is 11.3 Å². The standard InChI is InChI=1S/C25H30N4OS/c1-18-8-9-21(14-20(18)3)23-17-31-25(26-23)27-24(30)16-29-12-10-28(11-13-29)15-22-7-5-4-6-19(22)2/h4-9,14,17H,10-13,15-16H2,1-3H3,(H,26,27,30). The van der Waals surface area contributed by atoms with E-state index in [1.807, 2.05) is 5.38 Å². The lowest BCUT2D eigenvalue weighted by atomic mass is 10.1. The van der Waals surface area contributed by atoms with Gasteiger partial charge in [-0.2, -0.15) is 0 Å². The van der Waals surface area contributed by atoms with Gasteiger partial charge in [-0.25, -0.2) is 4.98 Å². The molecule has 1 saturated heterocycles. The number of amides is 1. The number of aromatic nitrogens is 1. The lowest BCUT2D eigenvalue weighted by molar-refractivity contribution is -0.117. The monoisotopic (exact) mass is 434 g/mol. The summed E-state index contributed by atoms with van der Waals surface area (Å²) in [7, 11) is 0. The van der Waals surface area contributed by atoms with Gasteiger partial charge >= 0.3 is 0 Å². The maximum absolute atomic E-state index is 12.5. The van der Waals surface area contributed by atoms with E-state index < -0.39 is 0 Å². The predicted molar refractivity (Wildman–Crippen MR) is 129 cm³/mol. The Kier molecular flexibility index (Phi) is 6.80. The normalized spacial score (nSPS) is 15.2. The Morgan fingerprint density at radius 1 is 0.968 bits per heavy atom. The summed E-state index contributed by atoms with van der Waals surface area (Å²) in [6.07, 6.45) is 0. The van der Waals surface area contributed by atoms with E-state index in [9.17, 15) is 4.79 Å². The molecule has 1 aliphatic heterocycles. The maximum atomic E-state index is 12.5. The lowest BCUT2D eigenvalue weighted by Gasteiger charge is -2.34. The lowest BCUT2D eigenvalue weighted by Crippen LogP contribution is -2.48. The average molecular weight is 435 g/mol. The van der Waals surface area contributed by atoms with Gasteiger partial charge in [0.1, 0.15) is 0 Å². The molecule has 0 bridgehead atoms. The molecule has 1 aromatic heterocycles. The first-order valence-electron chi connectivity index (χ1n) is 10.8. The van der Waals surface area contributed by atoms with Crippen molar-refractivity contribution in [2.45, 2.75) is 27.3 Å². The quantitative estimate of drug-likeness (QED) is 0.621. The van der Waals surface area contributed by atoms with Crippen LogP contribution in [0.25, 0.3) is 11.3 Å². The van der Waals surface area contributed by atoms with E-state index in [1.165, 1.54) is 33.6 Å². The Labute approximate surface area is 188 Å². The zero-order valence-electron chi connectivity index (χ0n) is 18.5. The highest BCUT2D eigenvalue weighted by atomic mass is 32.1. The van der Waals surface area contributed by atoms with Crippen LogP contribution in [0.4, 0.5) is 5.13 Å². The Morgan fingerprint density at radius 2 is 1.71 bits per heavy atom. The summed E-state index contributed by atoms with van der Waals surface area (Å²) in [4.78, 5) is 21.8. The molecule has 2 aromatic carbocycles. The smallest absolute Gasteiger partial charge is 0.240 e. The first kappa shape index (κ1) is 21.7. The fourth-order valence-corrected chi connectivity index (χ4v) is 4.60. The first-order valence-corrected chi connectivity index (χ1v) is 11.7. The van der Waals surface area contributed by atoms with Crippen molar-refractivity contribution >= 4 is 22.4 Å². The van der Waals surface area contributed by atoms with E-state index >= 15 is 0 Å². The molecule has 0 spiro atoms. The number of hydrogen-bond acceptors (Lipinski definition) is 5. The van der Waals surface area contributed by atoms with Crippen LogP contribution in [-0.2, 0) is 11.3 Å². The van der Waals surface area contributed by atoms with Gasteiger partial charge in [-0.1, -0.05) is 36.4 Å². The number of aryl methyl sites for hydroxylation is 3. The molecule has 1 amide bonds. The van der Waals surface area contributed by atoms with Crippen molar-refractivity contribution in [2.24, 2.45) is 0 Å². The second-order valence-electron chi connectivity index (χ2n) is 8.36. The van der Waals surface area contributed by atoms with Crippen LogP contribution < -0.4 is 5.32 Å². The van der Waals surface area contributed by atoms with Crippen molar-refractivity contribution in [1.82, 2.24) is 14.8 Å². The van der Waals surface area contributed by atoms with Gasteiger partial charge in [0.2, 0.25) is 5.91 Å². The fraction of sp³-hybridized carbons (Fsp3) is 0.360. The Bertz CT molecular complexity index is 1050. The van der Waals surface area contributed by atoms with Crippen molar-refractivity contribution in [1.29, 1.82) is 0 Å². The van der Waals surface area contributed by atoms with Crippen LogP contribution >= 0.6 is 11.3 Å². The van der Waals surface area contributed by atoms with Crippen LogP contribution in [0.2, 0.25) is 0 Å². The number of carbonyl (C=O) groups is 1. The zero-order chi connectivity index (χ0) is 21.8. The zero-order valence-corrected chi connectivity index (χ0v) is 19.3. The van der Waals surface area contributed by atoms with E-state index in [-0.39, 0.29) is 5.91 Å². The summed E-state index contributed by atoms with van der Waals surface area (Å²) in [6, 6.07) is 14.9. The van der Waals surface area contributed by atoms with Crippen LogP contribution in [0.1, 0.15) is 22.3 Å². The van der Waals surface area contributed by atoms with Gasteiger partial charge in [0.25, 0.3) is 0 Å². The molecule has 0 atom stereocenters. The van der Waals surface area contributed by atoms with E-state index in [0.29, 0.717) is 11.7 Å². The predicted octanol–water partition coefficient (Wildman–Crippen LogP) is 4.49. The number of hydrogen-bond donors (Lipinski definition) is 1. The molecule has 162 valence electrons. The van der Waals surface area contributed by atoms with Gasteiger partial charge in [-0.05, 0) is 49.1 Å². The van der Waals surface area contributed by atoms with Crippen molar-refractivity contribution in [3.05, 3.63) is 70.1 Å². The Morgan fingerprint density at radius 3 is 2.45 bits per heavy atom. The number of anilines is 1. The second-order valence-corrected chi connectivity index (χ2v) is 9.22. The summed E-state index contributed by atoms with van der Waals surface area (Å²) < 4.78 is 0. The van der Waals surface area contributed by atoms with Gasteiger partial charge in [0.15, 0.2) is 5.13 Å². The van der Waals surface area contributed by atoms with E-state index in [4.69, 9.17) is 0 Å². The molecule has 4 rings (SSSR count). The van der Waals surface area contributed by atoms with Gasteiger partial charge < -0.3 is 5.32 Å². The van der Waals surface area contributed by atoms with Crippen molar-refractivity contribution in [3.63, 3.8) is 0 Å². The van der Waals surface area contributed by atoms with E-state index in [2.05, 4.69) is 83.3 Å². The first-order chi connectivity index (χ1) is 15.0. The maximum Gasteiger partial charge on any atom is 0.240 e. The number of benzene rings is 2. The molecular formula is C25H30N4OS. The Balaban J connectivity index is 1.26. The van der Waals surface area contributed by atoms with E-state index in [0.717, 1.165) is 44.0 Å². The highest BCUT2D eigenvalue weighted by Crippen LogP contribution is 2.26. The minimum atomic E-state index is 0.00772. The van der Waals surface area contributed by atoms with Crippen LogP contribution in [0, 0.1) is 20.8 Å². The molecule has 2 heterocycles. The topological polar surface area (TPSA) is 48.5 Å². The molecule has 5 nitrogen and oxygen atoms in total. The summed E-state index contributed by atoms with van der Waals surface area (Å²) >= 11 is 1.48. The number of carbonyl (C=O) groups excluding carboxylic acids is 1. The number of thiazole rings is 1. The van der Waals surface area contributed by atoms with Crippen molar-refractivity contribution < 1.29 is 4.79 Å². The molecule has 1 aliphatic rings. The molecule has 0 aliphatic carbocycles. The molecule has 0 radical (unpaired) electrons. The molecule has 1 fully saturated rings. The number of nitrogens with one attached hydrogen (secondary N) is 1. The van der Waals surface area contributed by atoms with E-state index in [1.54, 1.807) is 0 Å². The van der Waals surface area contributed by atoms with Gasteiger partial charge in [0, 0.05) is 43.7 Å². The molecule has 0 saturated carbocycles. The van der Waals surface area contributed by atoms with Crippen LogP contribution in [0.15, 0.2) is 47.8 Å². The van der Waals surface area contributed by atoms with Gasteiger partial charge in [0.05, 0.1) is 12.2 Å². The SMILES string of the molecule is Cc1ccc(-c2csc(NC(=O)CN3CCN(Cc4ccccc4C)CC3)n2)cc1C. The minimum Gasteiger partial charge on any atom is -0.301 e. The fourth-order valence-electron chi connectivity index (χ4n) is 3.86. The van der Waals surface area contributed by atoms with Crippen LogP contribution in [0.5, 0.6) is 0 Å². The number of rotatable bonds is 6. The Hall–Kier alpha value is -2.54. The third-order valence-electron chi connectivity index (χ3n) is 6.04. The summed E-state index contributed by atoms with van der Waals surface area (Å²) in [6.45, 7) is 11.6. The largest absolute Gasteiger partial charge is 0.301 e. The summed E-state index contributed by atoms with van der Waals surface area (Å²) in [5, 5.41) is 5.64. The molecule has 31 heavy (non-hydrogen) atoms. The van der Waals surface area contributed by atoms with Crippen molar-refractivity contribution in [2.75, 3.05) is 38.0 Å². The van der Waals surface area contributed by atoms with Crippen LogP contribution in [0.3, 0.4) is 0 Å². The minimum absolute atomic E-state index is 0.00772. The highest BCUT2D eigenvalue weighted by Gasteiger charge is 2.20. The highest BCUT2D eigenvalue weighted by molar-refractivity contribution is 7.14. The number of nitrogens with zero attached hydrogens (tertiary/aromatic N) is 3. The summed E-state index contributed by atoms with van der Waals surface area (Å²) in [5.74, 6) is 0.00772. The third-order valence-corrected chi connectivity index (χ3v) is 6.80. The molecule has 1 N–H and O–H groups in total. The van der Waals surface area contributed by atoms with Crippen molar-refractivity contribution in [3.8, 4) is 11.3 Å². The molecule has 6 heteroatoms. The third kappa shape index (κ3) is 5.58. The molecule has 3 aromatic rings. The molecular weight excluding hydrogens is 404 g/mol. The second kappa shape index (κ2) is 9.73. The number of piperazine rings is 1.